The SMILES string of the molecule is C[C@@H]1c2ccccc2-c2ccccc2[C@H]1CC=O. The third kappa shape index (κ3) is 1.59. The Labute approximate surface area is 107 Å². The lowest BCUT2D eigenvalue weighted by Gasteiger charge is -2.32. The predicted molar refractivity (Wildman–Crippen MR) is 73.7 cm³/mol. The molecule has 0 N–H and O–H groups in total. The maximum absolute atomic E-state index is 10.9. The van der Waals surface area contributed by atoms with Gasteiger partial charge in [0.25, 0.3) is 0 Å². The summed E-state index contributed by atoms with van der Waals surface area (Å²) >= 11 is 0. The molecule has 0 aromatic heterocycles. The van der Waals surface area contributed by atoms with Gasteiger partial charge in [-0.1, -0.05) is 55.5 Å². The molecule has 0 radical (unpaired) electrons. The molecule has 1 aliphatic carbocycles. The van der Waals surface area contributed by atoms with Gasteiger partial charge in [0.15, 0.2) is 0 Å². The Kier molecular flexibility index (Phi) is 2.75. The zero-order valence-corrected chi connectivity index (χ0v) is 10.5. The van der Waals surface area contributed by atoms with Crippen molar-refractivity contribution < 1.29 is 4.79 Å². The lowest BCUT2D eigenvalue weighted by atomic mass is 9.71. The van der Waals surface area contributed by atoms with Gasteiger partial charge in [0.2, 0.25) is 0 Å². The van der Waals surface area contributed by atoms with Crippen LogP contribution in [0, 0.1) is 0 Å². The molecule has 1 heteroatoms. The Bertz CT molecular complexity index is 586. The monoisotopic (exact) mass is 236 g/mol. The van der Waals surface area contributed by atoms with Gasteiger partial charge < -0.3 is 4.79 Å². The highest BCUT2D eigenvalue weighted by molar-refractivity contribution is 5.75. The van der Waals surface area contributed by atoms with Crippen molar-refractivity contribution in [2.45, 2.75) is 25.2 Å². The number of aldehydes is 1. The van der Waals surface area contributed by atoms with Crippen LogP contribution >= 0.6 is 0 Å². The number of benzene rings is 2. The van der Waals surface area contributed by atoms with Crippen LogP contribution in [0.15, 0.2) is 48.5 Å². The molecular weight excluding hydrogens is 220 g/mol. The Morgan fingerprint density at radius 3 is 2.17 bits per heavy atom. The van der Waals surface area contributed by atoms with Gasteiger partial charge in [-0.15, -0.1) is 0 Å². The molecule has 2 atom stereocenters. The minimum atomic E-state index is 0.314. The van der Waals surface area contributed by atoms with E-state index in [9.17, 15) is 4.79 Å². The zero-order valence-electron chi connectivity index (χ0n) is 10.5. The van der Waals surface area contributed by atoms with Crippen LogP contribution in [0.5, 0.6) is 0 Å². The molecule has 2 aromatic carbocycles. The van der Waals surface area contributed by atoms with Crippen molar-refractivity contribution in [1.82, 2.24) is 0 Å². The number of carbonyl (C=O) groups is 1. The molecule has 0 saturated carbocycles. The maximum Gasteiger partial charge on any atom is 0.120 e. The highest BCUT2D eigenvalue weighted by Gasteiger charge is 2.29. The van der Waals surface area contributed by atoms with Crippen molar-refractivity contribution in [3.05, 3.63) is 59.7 Å². The Hall–Kier alpha value is -1.89. The van der Waals surface area contributed by atoms with Crippen molar-refractivity contribution in [3.8, 4) is 11.1 Å². The number of hydrogen-bond donors (Lipinski definition) is 0. The fraction of sp³-hybridized carbons (Fsp3) is 0.235. The van der Waals surface area contributed by atoms with Crippen LogP contribution in [0.2, 0.25) is 0 Å². The molecule has 0 heterocycles. The zero-order chi connectivity index (χ0) is 12.5. The molecule has 0 aliphatic heterocycles. The van der Waals surface area contributed by atoms with Crippen molar-refractivity contribution in [2.24, 2.45) is 0 Å². The standard InChI is InChI=1S/C17H16O/c1-12-13-6-2-3-7-15(13)17-9-5-4-8-16(17)14(12)10-11-18/h2-9,11-12,14H,10H2,1H3/t12-,14+/m1/s1. The third-order valence-corrected chi connectivity index (χ3v) is 4.06. The molecule has 90 valence electrons. The van der Waals surface area contributed by atoms with E-state index in [1.54, 1.807) is 0 Å². The first kappa shape index (κ1) is 11.2. The van der Waals surface area contributed by atoms with Gasteiger partial charge in [0.05, 0.1) is 0 Å². The summed E-state index contributed by atoms with van der Waals surface area (Å²) < 4.78 is 0. The highest BCUT2D eigenvalue weighted by atomic mass is 16.1. The van der Waals surface area contributed by atoms with Crippen molar-refractivity contribution in [1.29, 1.82) is 0 Å². The van der Waals surface area contributed by atoms with Crippen molar-refractivity contribution in [3.63, 3.8) is 0 Å². The smallest absolute Gasteiger partial charge is 0.120 e. The van der Waals surface area contributed by atoms with Gasteiger partial charge in [0.1, 0.15) is 6.29 Å². The van der Waals surface area contributed by atoms with Gasteiger partial charge >= 0.3 is 0 Å². The Morgan fingerprint density at radius 2 is 1.50 bits per heavy atom. The molecule has 0 unspecified atom stereocenters. The summed E-state index contributed by atoms with van der Waals surface area (Å²) in [4.78, 5) is 10.9. The molecular formula is C17H16O. The summed E-state index contributed by atoms with van der Waals surface area (Å²) in [5, 5.41) is 0. The van der Waals surface area contributed by atoms with Crippen LogP contribution in [-0.2, 0) is 4.79 Å². The topological polar surface area (TPSA) is 17.1 Å². The number of rotatable bonds is 2. The van der Waals surface area contributed by atoms with Gasteiger partial charge in [-0.2, -0.15) is 0 Å². The summed E-state index contributed by atoms with van der Waals surface area (Å²) in [5.41, 5.74) is 5.29. The van der Waals surface area contributed by atoms with E-state index in [4.69, 9.17) is 0 Å². The van der Waals surface area contributed by atoms with E-state index in [-0.39, 0.29) is 0 Å². The van der Waals surface area contributed by atoms with Gasteiger partial charge in [-0.25, -0.2) is 0 Å². The van der Waals surface area contributed by atoms with Crippen LogP contribution in [0.25, 0.3) is 11.1 Å². The molecule has 1 aliphatic rings. The average molecular weight is 236 g/mol. The van der Waals surface area contributed by atoms with E-state index in [1.807, 2.05) is 0 Å². The minimum Gasteiger partial charge on any atom is -0.303 e. The van der Waals surface area contributed by atoms with E-state index < -0.39 is 0 Å². The third-order valence-electron chi connectivity index (χ3n) is 4.06. The van der Waals surface area contributed by atoms with E-state index in [1.165, 1.54) is 22.3 Å². The molecule has 0 fully saturated rings. The molecule has 18 heavy (non-hydrogen) atoms. The molecule has 1 nitrogen and oxygen atoms in total. The van der Waals surface area contributed by atoms with E-state index in [0.717, 1.165) is 6.29 Å². The normalized spacial score (nSPS) is 20.9. The summed E-state index contributed by atoms with van der Waals surface area (Å²) in [6.45, 7) is 2.23. The molecule has 2 aromatic rings. The maximum atomic E-state index is 10.9. The van der Waals surface area contributed by atoms with Crippen LogP contribution in [-0.4, -0.2) is 6.29 Å². The lowest BCUT2D eigenvalue weighted by Crippen LogP contribution is -2.16. The lowest BCUT2D eigenvalue weighted by molar-refractivity contribution is -0.108. The second-order valence-electron chi connectivity index (χ2n) is 4.97. The Balaban J connectivity index is 2.24. The fourth-order valence-corrected chi connectivity index (χ4v) is 3.13. The molecule has 0 bridgehead atoms. The van der Waals surface area contributed by atoms with Crippen molar-refractivity contribution >= 4 is 6.29 Å². The van der Waals surface area contributed by atoms with Crippen molar-refractivity contribution in [2.75, 3.05) is 0 Å². The van der Waals surface area contributed by atoms with Gasteiger partial charge in [-0.05, 0) is 34.1 Å². The summed E-state index contributed by atoms with van der Waals surface area (Å²) in [6, 6.07) is 17.0. The molecule has 0 saturated heterocycles. The first-order valence-electron chi connectivity index (χ1n) is 6.44. The van der Waals surface area contributed by atoms with E-state index >= 15 is 0 Å². The number of hydrogen-bond acceptors (Lipinski definition) is 1. The van der Waals surface area contributed by atoms with E-state index in [0.29, 0.717) is 18.3 Å². The van der Waals surface area contributed by atoms with Gasteiger partial charge in [-0.3, -0.25) is 0 Å². The van der Waals surface area contributed by atoms with Crippen LogP contribution in [0.3, 0.4) is 0 Å². The second kappa shape index (κ2) is 4.41. The summed E-state index contributed by atoms with van der Waals surface area (Å²) in [7, 11) is 0. The average Bonchev–Trinajstić information content (AvgIpc) is 2.43. The van der Waals surface area contributed by atoms with E-state index in [2.05, 4.69) is 55.5 Å². The van der Waals surface area contributed by atoms with Gasteiger partial charge in [0, 0.05) is 6.42 Å². The summed E-state index contributed by atoms with van der Waals surface area (Å²) in [5.74, 6) is 0.717. The summed E-state index contributed by atoms with van der Waals surface area (Å²) in [6.07, 6.45) is 1.65. The number of carbonyl (C=O) groups excluding carboxylic acids is 1. The molecule has 0 spiro atoms. The quantitative estimate of drug-likeness (QED) is 0.716. The predicted octanol–water partition coefficient (Wildman–Crippen LogP) is 4.14. The minimum absolute atomic E-state index is 0.314. The second-order valence-corrected chi connectivity index (χ2v) is 4.97. The molecule has 0 amide bonds. The first-order chi connectivity index (χ1) is 8.83. The highest BCUT2D eigenvalue weighted by Crippen LogP contribution is 2.47. The fourth-order valence-electron chi connectivity index (χ4n) is 3.13. The molecule has 3 rings (SSSR count). The number of fused-ring (bicyclic) bond motifs is 3. The van der Waals surface area contributed by atoms with Crippen LogP contribution < -0.4 is 0 Å². The first-order valence-corrected chi connectivity index (χ1v) is 6.44. The van der Waals surface area contributed by atoms with Crippen LogP contribution in [0.1, 0.15) is 36.3 Å². The largest absolute Gasteiger partial charge is 0.303 e. The Morgan fingerprint density at radius 1 is 0.944 bits per heavy atom. The van der Waals surface area contributed by atoms with Crippen LogP contribution in [0.4, 0.5) is 0 Å².